The molecule has 2 N–H and O–H groups in total. The van der Waals surface area contributed by atoms with Crippen molar-refractivity contribution in [3.63, 3.8) is 0 Å². The van der Waals surface area contributed by atoms with Crippen LogP contribution in [0.2, 0.25) is 0 Å². The third-order valence-electron chi connectivity index (χ3n) is 3.24. The maximum atomic E-state index is 12.4. The molecule has 3 heteroatoms. The number of carbonyl (C=O) groups is 1. The van der Waals surface area contributed by atoms with Gasteiger partial charge in [0.05, 0.1) is 0 Å². The van der Waals surface area contributed by atoms with E-state index in [2.05, 4.69) is 5.32 Å². The lowest BCUT2D eigenvalue weighted by molar-refractivity contribution is 0.0992. The zero-order valence-electron chi connectivity index (χ0n) is 11.6. The standard InChI is InChI=1S/C17H19NO2/c1-18-10-9-14-6-2-3-8-16(14)17(20)12-13-5-4-7-15(19)11-13/h2-8,11,18-19H,9-10,12H2,1H3. The van der Waals surface area contributed by atoms with Crippen LogP contribution < -0.4 is 5.32 Å². The second-order valence-corrected chi connectivity index (χ2v) is 4.78. The molecular weight excluding hydrogens is 250 g/mol. The monoisotopic (exact) mass is 269 g/mol. The number of rotatable bonds is 6. The van der Waals surface area contributed by atoms with Gasteiger partial charge in [-0.25, -0.2) is 0 Å². The predicted molar refractivity (Wildman–Crippen MR) is 80.2 cm³/mol. The summed E-state index contributed by atoms with van der Waals surface area (Å²) in [5.74, 6) is 0.279. The topological polar surface area (TPSA) is 49.3 Å². The van der Waals surface area contributed by atoms with Gasteiger partial charge < -0.3 is 10.4 Å². The minimum atomic E-state index is 0.0855. The van der Waals surface area contributed by atoms with Crippen LogP contribution in [0.1, 0.15) is 21.5 Å². The predicted octanol–water partition coefficient (Wildman–Crippen LogP) is 2.58. The first-order valence-corrected chi connectivity index (χ1v) is 6.74. The van der Waals surface area contributed by atoms with Gasteiger partial charge in [-0.15, -0.1) is 0 Å². The first-order chi connectivity index (χ1) is 9.70. The minimum absolute atomic E-state index is 0.0855. The lowest BCUT2D eigenvalue weighted by Gasteiger charge is -2.08. The maximum absolute atomic E-state index is 12.4. The fraction of sp³-hybridized carbons (Fsp3) is 0.235. The molecule has 2 aromatic carbocycles. The molecule has 20 heavy (non-hydrogen) atoms. The molecule has 2 aromatic rings. The highest BCUT2D eigenvalue weighted by atomic mass is 16.3. The summed E-state index contributed by atoms with van der Waals surface area (Å²) in [6, 6.07) is 14.6. The van der Waals surface area contributed by atoms with Gasteiger partial charge in [0.1, 0.15) is 5.75 Å². The maximum Gasteiger partial charge on any atom is 0.167 e. The number of nitrogens with one attached hydrogen (secondary N) is 1. The van der Waals surface area contributed by atoms with Crippen molar-refractivity contribution >= 4 is 5.78 Å². The van der Waals surface area contributed by atoms with E-state index in [1.165, 1.54) is 0 Å². The summed E-state index contributed by atoms with van der Waals surface area (Å²) >= 11 is 0. The second-order valence-electron chi connectivity index (χ2n) is 4.78. The van der Waals surface area contributed by atoms with Crippen molar-refractivity contribution in [3.8, 4) is 5.75 Å². The van der Waals surface area contributed by atoms with Crippen LogP contribution in [0.3, 0.4) is 0 Å². The molecular formula is C17H19NO2. The van der Waals surface area contributed by atoms with Crippen LogP contribution in [0.4, 0.5) is 0 Å². The Balaban J connectivity index is 2.16. The molecule has 0 aliphatic rings. The van der Waals surface area contributed by atoms with E-state index in [-0.39, 0.29) is 11.5 Å². The third-order valence-corrected chi connectivity index (χ3v) is 3.24. The van der Waals surface area contributed by atoms with Crippen molar-refractivity contribution in [1.82, 2.24) is 5.32 Å². The number of carbonyl (C=O) groups excluding carboxylic acids is 1. The van der Waals surface area contributed by atoms with Crippen LogP contribution in [0, 0.1) is 0 Å². The molecule has 0 fully saturated rings. The van der Waals surface area contributed by atoms with Crippen LogP contribution in [0.15, 0.2) is 48.5 Å². The van der Waals surface area contributed by atoms with Crippen molar-refractivity contribution < 1.29 is 9.90 Å². The normalized spacial score (nSPS) is 10.4. The third kappa shape index (κ3) is 3.68. The van der Waals surface area contributed by atoms with Gasteiger partial charge in [-0.1, -0.05) is 36.4 Å². The van der Waals surface area contributed by atoms with Crippen molar-refractivity contribution in [2.75, 3.05) is 13.6 Å². The van der Waals surface area contributed by atoms with E-state index in [1.54, 1.807) is 18.2 Å². The number of likely N-dealkylation sites (N-methyl/N-ethyl adjacent to an activating group) is 1. The smallest absolute Gasteiger partial charge is 0.167 e. The van der Waals surface area contributed by atoms with Gasteiger partial charge >= 0.3 is 0 Å². The Morgan fingerprint density at radius 3 is 2.70 bits per heavy atom. The molecule has 0 bridgehead atoms. The van der Waals surface area contributed by atoms with Crippen molar-refractivity contribution in [3.05, 3.63) is 65.2 Å². The van der Waals surface area contributed by atoms with Crippen molar-refractivity contribution in [1.29, 1.82) is 0 Å². The Kier molecular flexibility index (Phi) is 4.91. The van der Waals surface area contributed by atoms with E-state index < -0.39 is 0 Å². The average molecular weight is 269 g/mol. The summed E-state index contributed by atoms with van der Waals surface area (Å²) in [4.78, 5) is 12.4. The quantitative estimate of drug-likeness (QED) is 0.792. The highest BCUT2D eigenvalue weighted by Gasteiger charge is 2.11. The van der Waals surface area contributed by atoms with Gasteiger partial charge in [0.15, 0.2) is 5.78 Å². The van der Waals surface area contributed by atoms with Gasteiger partial charge in [0.25, 0.3) is 0 Å². The molecule has 0 aromatic heterocycles. The van der Waals surface area contributed by atoms with Crippen LogP contribution in [-0.2, 0) is 12.8 Å². The van der Waals surface area contributed by atoms with E-state index in [9.17, 15) is 9.90 Å². The molecule has 0 saturated carbocycles. The van der Waals surface area contributed by atoms with Crippen molar-refractivity contribution in [2.24, 2.45) is 0 Å². The number of hydrogen-bond acceptors (Lipinski definition) is 3. The molecule has 0 radical (unpaired) electrons. The number of hydrogen-bond donors (Lipinski definition) is 2. The molecule has 0 saturated heterocycles. The molecule has 0 spiro atoms. The number of ketones is 1. The number of Topliss-reactive ketones (excluding diaryl/α,β-unsaturated/α-hetero) is 1. The molecule has 0 unspecified atom stereocenters. The highest BCUT2D eigenvalue weighted by Crippen LogP contribution is 2.16. The molecule has 0 atom stereocenters. The first-order valence-electron chi connectivity index (χ1n) is 6.74. The van der Waals surface area contributed by atoms with Gasteiger partial charge in [0.2, 0.25) is 0 Å². The molecule has 104 valence electrons. The Hall–Kier alpha value is -2.13. The molecule has 0 aliphatic carbocycles. The fourth-order valence-electron chi connectivity index (χ4n) is 2.22. The van der Waals surface area contributed by atoms with E-state index in [4.69, 9.17) is 0 Å². The summed E-state index contributed by atoms with van der Waals surface area (Å²) in [5, 5.41) is 12.5. The Morgan fingerprint density at radius 1 is 1.15 bits per heavy atom. The molecule has 2 rings (SSSR count). The lowest BCUT2D eigenvalue weighted by atomic mass is 9.97. The molecule has 3 nitrogen and oxygen atoms in total. The van der Waals surface area contributed by atoms with E-state index in [0.29, 0.717) is 6.42 Å². The minimum Gasteiger partial charge on any atom is -0.508 e. The zero-order chi connectivity index (χ0) is 14.4. The first kappa shape index (κ1) is 14.3. The largest absolute Gasteiger partial charge is 0.508 e. The Labute approximate surface area is 119 Å². The van der Waals surface area contributed by atoms with Crippen LogP contribution in [0.5, 0.6) is 5.75 Å². The molecule has 0 heterocycles. The summed E-state index contributed by atoms with van der Waals surface area (Å²) in [6.45, 7) is 0.844. The van der Waals surface area contributed by atoms with Crippen LogP contribution in [0.25, 0.3) is 0 Å². The number of phenols is 1. The number of benzene rings is 2. The van der Waals surface area contributed by atoms with E-state index in [1.807, 2.05) is 37.4 Å². The van der Waals surface area contributed by atoms with Crippen LogP contribution >= 0.6 is 0 Å². The summed E-state index contributed by atoms with van der Waals surface area (Å²) in [6.07, 6.45) is 1.14. The lowest BCUT2D eigenvalue weighted by Crippen LogP contribution is -2.14. The van der Waals surface area contributed by atoms with Gasteiger partial charge in [0, 0.05) is 12.0 Å². The molecule has 0 aliphatic heterocycles. The average Bonchev–Trinajstić information content (AvgIpc) is 2.45. The second kappa shape index (κ2) is 6.87. The summed E-state index contributed by atoms with van der Waals surface area (Å²) in [7, 11) is 1.90. The Bertz CT molecular complexity index is 593. The van der Waals surface area contributed by atoms with Crippen LogP contribution in [-0.4, -0.2) is 24.5 Å². The SMILES string of the molecule is CNCCc1ccccc1C(=O)Cc1cccc(O)c1. The zero-order valence-corrected chi connectivity index (χ0v) is 11.6. The highest BCUT2D eigenvalue weighted by molar-refractivity contribution is 5.98. The Morgan fingerprint density at radius 2 is 1.95 bits per heavy atom. The fourth-order valence-corrected chi connectivity index (χ4v) is 2.22. The van der Waals surface area contributed by atoms with Crippen molar-refractivity contribution in [2.45, 2.75) is 12.8 Å². The number of aromatic hydroxyl groups is 1. The van der Waals surface area contributed by atoms with Gasteiger partial charge in [-0.2, -0.15) is 0 Å². The van der Waals surface area contributed by atoms with E-state index in [0.717, 1.165) is 29.7 Å². The summed E-state index contributed by atoms with van der Waals surface area (Å²) in [5.41, 5.74) is 2.66. The van der Waals surface area contributed by atoms with Gasteiger partial charge in [-0.3, -0.25) is 4.79 Å². The molecule has 0 amide bonds. The number of phenolic OH excluding ortho intramolecular Hbond substituents is 1. The van der Waals surface area contributed by atoms with E-state index >= 15 is 0 Å². The summed E-state index contributed by atoms with van der Waals surface area (Å²) < 4.78 is 0. The van der Waals surface area contributed by atoms with Gasteiger partial charge in [-0.05, 0) is 43.3 Å².